The van der Waals surface area contributed by atoms with Crippen LogP contribution >= 0.6 is 11.3 Å². The summed E-state index contributed by atoms with van der Waals surface area (Å²) in [6.07, 6.45) is 4.89. The monoisotopic (exact) mass is 330 g/mol. The van der Waals surface area contributed by atoms with Crippen LogP contribution in [0.2, 0.25) is 0 Å². The smallest absolute Gasteiger partial charge is 0.266 e. The number of thiazole rings is 1. The summed E-state index contributed by atoms with van der Waals surface area (Å²) < 4.78 is 0. The van der Waals surface area contributed by atoms with Crippen LogP contribution < -0.4 is 5.32 Å². The number of hydrogen-bond acceptors (Lipinski definition) is 5. The summed E-state index contributed by atoms with van der Waals surface area (Å²) in [5.41, 5.74) is 3.49. The zero-order valence-electron chi connectivity index (χ0n) is 13.4. The fourth-order valence-electron chi connectivity index (χ4n) is 2.98. The minimum atomic E-state index is 0.0857. The lowest BCUT2D eigenvalue weighted by atomic mass is 10.1. The number of rotatable bonds is 4. The van der Waals surface area contributed by atoms with Crippen molar-refractivity contribution in [1.82, 2.24) is 20.2 Å². The Morgan fingerprint density at radius 2 is 2.26 bits per heavy atom. The van der Waals surface area contributed by atoms with Crippen molar-refractivity contribution < 1.29 is 4.79 Å². The second-order valence-corrected chi connectivity index (χ2v) is 6.71. The van der Waals surface area contributed by atoms with E-state index in [4.69, 9.17) is 0 Å². The first kappa shape index (κ1) is 16.1. The van der Waals surface area contributed by atoms with Gasteiger partial charge in [0, 0.05) is 12.2 Å². The number of aromatic nitrogens is 2. The molecule has 1 N–H and O–H groups in total. The molecule has 1 aliphatic rings. The summed E-state index contributed by atoms with van der Waals surface area (Å²) in [5, 5.41) is 3.42. The van der Waals surface area contributed by atoms with Gasteiger partial charge >= 0.3 is 0 Å². The van der Waals surface area contributed by atoms with E-state index < -0.39 is 0 Å². The largest absolute Gasteiger partial charge is 0.329 e. The molecule has 1 saturated heterocycles. The Kier molecular flexibility index (Phi) is 5.35. The van der Waals surface area contributed by atoms with Crippen LogP contribution in [0.25, 0.3) is 0 Å². The van der Waals surface area contributed by atoms with Crippen LogP contribution in [-0.2, 0) is 6.54 Å². The van der Waals surface area contributed by atoms with Crippen LogP contribution in [0.3, 0.4) is 0 Å². The first-order valence-corrected chi connectivity index (χ1v) is 8.95. The van der Waals surface area contributed by atoms with Gasteiger partial charge in [0.1, 0.15) is 4.88 Å². The highest BCUT2D eigenvalue weighted by Crippen LogP contribution is 2.22. The predicted octanol–water partition coefficient (Wildman–Crippen LogP) is 2.63. The molecule has 2 aromatic heterocycles. The van der Waals surface area contributed by atoms with E-state index in [1.807, 2.05) is 30.0 Å². The molecule has 122 valence electrons. The van der Waals surface area contributed by atoms with Gasteiger partial charge in [0.05, 0.1) is 23.4 Å². The van der Waals surface area contributed by atoms with Gasteiger partial charge in [0.25, 0.3) is 5.91 Å². The van der Waals surface area contributed by atoms with Crippen molar-refractivity contribution in [3.63, 3.8) is 0 Å². The maximum atomic E-state index is 13.1. The Bertz CT molecular complexity index is 635. The second kappa shape index (κ2) is 7.66. The SMILES string of the molecule is Cc1ncsc1C(=O)N(Cc1ccccn1)[C@@H]1CCCNCC1. The molecule has 0 aliphatic carbocycles. The summed E-state index contributed by atoms with van der Waals surface area (Å²) in [5.74, 6) is 0.0857. The Labute approximate surface area is 140 Å². The lowest BCUT2D eigenvalue weighted by Crippen LogP contribution is -2.40. The van der Waals surface area contributed by atoms with E-state index >= 15 is 0 Å². The standard InChI is InChI=1S/C17H22N4OS/c1-13-16(23-12-20-13)17(22)21(11-14-5-2-3-9-19-14)15-6-4-8-18-10-7-15/h2-3,5,9,12,15,18H,4,6-8,10-11H2,1H3/t15-/m1/s1. The number of carbonyl (C=O) groups excluding carboxylic acids is 1. The average Bonchev–Trinajstić information content (AvgIpc) is 2.84. The van der Waals surface area contributed by atoms with Crippen LogP contribution in [0.5, 0.6) is 0 Å². The fourth-order valence-corrected chi connectivity index (χ4v) is 3.74. The van der Waals surface area contributed by atoms with Crippen LogP contribution in [0.15, 0.2) is 29.9 Å². The molecule has 3 heterocycles. The molecule has 0 unspecified atom stereocenters. The zero-order chi connectivity index (χ0) is 16.1. The highest BCUT2D eigenvalue weighted by Gasteiger charge is 2.27. The van der Waals surface area contributed by atoms with Gasteiger partial charge in [-0.2, -0.15) is 0 Å². The average molecular weight is 330 g/mol. The number of nitrogens with one attached hydrogen (secondary N) is 1. The predicted molar refractivity (Wildman–Crippen MR) is 91.5 cm³/mol. The maximum absolute atomic E-state index is 13.1. The highest BCUT2D eigenvalue weighted by molar-refractivity contribution is 7.11. The quantitative estimate of drug-likeness (QED) is 0.936. The third-order valence-electron chi connectivity index (χ3n) is 4.25. The molecule has 0 spiro atoms. The van der Waals surface area contributed by atoms with Crippen molar-refractivity contribution in [2.45, 2.75) is 38.8 Å². The molecule has 0 radical (unpaired) electrons. The lowest BCUT2D eigenvalue weighted by Gasteiger charge is -2.30. The van der Waals surface area contributed by atoms with Gasteiger partial charge in [-0.15, -0.1) is 11.3 Å². The van der Waals surface area contributed by atoms with Crippen molar-refractivity contribution in [2.24, 2.45) is 0 Å². The Morgan fingerprint density at radius 1 is 1.35 bits per heavy atom. The van der Waals surface area contributed by atoms with E-state index in [0.717, 1.165) is 48.6 Å². The number of aryl methyl sites for hydroxylation is 1. The third-order valence-corrected chi connectivity index (χ3v) is 5.16. The van der Waals surface area contributed by atoms with Crippen molar-refractivity contribution >= 4 is 17.2 Å². The van der Waals surface area contributed by atoms with Crippen LogP contribution in [0.1, 0.15) is 40.3 Å². The van der Waals surface area contributed by atoms with Gasteiger partial charge in [0.2, 0.25) is 0 Å². The molecule has 3 rings (SSSR count). The number of hydrogen-bond donors (Lipinski definition) is 1. The minimum absolute atomic E-state index is 0.0857. The first-order chi connectivity index (χ1) is 11.3. The second-order valence-electron chi connectivity index (χ2n) is 5.86. The molecule has 1 amide bonds. The Hall–Kier alpha value is -1.79. The molecule has 23 heavy (non-hydrogen) atoms. The summed E-state index contributed by atoms with van der Waals surface area (Å²) in [4.78, 5) is 24.5. The molecule has 5 nitrogen and oxygen atoms in total. The Balaban J connectivity index is 1.86. The number of pyridine rings is 1. The highest BCUT2D eigenvalue weighted by atomic mass is 32.1. The topological polar surface area (TPSA) is 58.1 Å². The summed E-state index contributed by atoms with van der Waals surface area (Å²) in [6.45, 7) is 4.44. The van der Waals surface area contributed by atoms with Crippen molar-refractivity contribution in [3.8, 4) is 0 Å². The molecule has 1 atom stereocenters. The molecular weight excluding hydrogens is 308 g/mol. The van der Waals surface area contributed by atoms with Gasteiger partial charge in [-0.25, -0.2) is 4.98 Å². The van der Waals surface area contributed by atoms with Crippen molar-refractivity contribution in [1.29, 1.82) is 0 Å². The van der Waals surface area contributed by atoms with Gasteiger partial charge in [-0.05, 0) is 51.4 Å². The number of carbonyl (C=O) groups is 1. The molecule has 2 aromatic rings. The van der Waals surface area contributed by atoms with E-state index in [0.29, 0.717) is 6.54 Å². The summed E-state index contributed by atoms with van der Waals surface area (Å²) >= 11 is 1.43. The fraction of sp³-hybridized carbons (Fsp3) is 0.471. The third kappa shape index (κ3) is 3.95. The van der Waals surface area contributed by atoms with Gasteiger partial charge < -0.3 is 10.2 Å². The minimum Gasteiger partial charge on any atom is -0.329 e. The van der Waals surface area contributed by atoms with Crippen LogP contribution in [-0.4, -0.2) is 39.9 Å². The van der Waals surface area contributed by atoms with E-state index in [1.165, 1.54) is 11.3 Å². The normalized spacial score (nSPS) is 18.4. The van der Waals surface area contributed by atoms with Crippen molar-refractivity contribution in [3.05, 3.63) is 46.2 Å². The number of amides is 1. The van der Waals surface area contributed by atoms with E-state index in [-0.39, 0.29) is 11.9 Å². The first-order valence-electron chi connectivity index (χ1n) is 8.07. The summed E-state index contributed by atoms with van der Waals surface area (Å²) in [7, 11) is 0. The van der Waals surface area contributed by atoms with Crippen LogP contribution in [0.4, 0.5) is 0 Å². The zero-order valence-corrected chi connectivity index (χ0v) is 14.2. The molecule has 6 heteroatoms. The van der Waals surface area contributed by atoms with E-state index in [2.05, 4.69) is 15.3 Å². The molecule has 0 saturated carbocycles. The molecule has 1 aliphatic heterocycles. The van der Waals surface area contributed by atoms with Gasteiger partial charge in [-0.3, -0.25) is 9.78 Å². The number of nitrogens with zero attached hydrogens (tertiary/aromatic N) is 3. The van der Waals surface area contributed by atoms with Crippen LogP contribution in [0, 0.1) is 6.92 Å². The molecular formula is C17H22N4OS. The lowest BCUT2D eigenvalue weighted by molar-refractivity contribution is 0.0646. The molecule has 0 aromatic carbocycles. The van der Waals surface area contributed by atoms with E-state index in [9.17, 15) is 4.79 Å². The maximum Gasteiger partial charge on any atom is 0.266 e. The van der Waals surface area contributed by atoms with Gasteiger partial charge in [0.15, 0.2) is 0 Å². The Morgan fingerprint density at radius 3 is 3.00 bits per heavy atom. The molecule has 0 bridgehead atoms. The van der Waals surface area contributed by atoms with Crippen molar-refractivity contribution in [2.75, 3.05) is 13.1 Å². The summed E-state index contributed by atoms with van der Waals surface area (Å²) in [6, 6.07) is 6.10. The molecule has 1 fully saturated rings. The van der Waals surface area contributed by atoms with Gasteiger partial charge in [-0.1, -0.05) is 6.07 Å². The van der Waals surface area contributed by atoms with E-state index in [1.54, 1.807) is 11.7 Å².